The normalized spacial score (nSPS) is 13.4. The molecule has 116 valence electrons. The van der Waals surface area contributed by atoms with Crippen LogP contribution < -0.4 is 5.32 Å². The lowest BCUT2D eigenvalue weighted by Crippen LogP contribution is -2.24. The highest BCUT2D eigenvalue weighted by Crippen LogP contribution is 2.25. The molecule has 0 heterocycles. The summed E-state index contributed by atoms with van der Waals surface area (Å²) in [5.74, 6) is 0. The number of benzene rings is 2. The molecule has 0 spiro atoms. The molecule has 0 aliphatic carbocycles. The topological polar surface area (TPSA) is 75.4 Å². The fourth-order valence-corrected chi connectivity index (χ4v) is 2.34. The Hall–Kier alpha value is -2.40. The molecule has 1 atom stereocenters. The van der Waals surface area contributed by atoms with Gasteiger partial charge in [-0.2, -0.15) is 0 Å². The quantitative estimate of drug-likeness (QED) is 0.631. The van der Waals surface area contributed by atoms with Crippen LogP contribution in [0.1, 0.15) is 24.5 Å². The van der Waals surface area contributed by atoms with E-state index in [1.807, 2.05) is 37.3 Å². The molecule has 0 saturated carbocycles. The van der Waals surface area contributed by atoms with Crippen molar-refractivity contribution in [1.82, 2.24) is 0 Å². The van der Waals surface area contributed by atoms with E-state index in [9.17, 15) is 15.2 Å². The van der Waals surface area contributed by atoms with Gasteiger partial charge in [0.15, 0.2) is 0 Å². The third-order valence-electron chi connectivity index (χ3n) is 3.74. The number of aryl methyl sites for hydroxylation is 1. The van der Waals surface area contributed by atoms with Crippen LogP contribution in [0.4, 0.5) is 11.4 Å². The zero-order valence-corrected chi connectivity index (χ0v) is 12.7. The number of aliphatic hydroxyl groups is 1. The SMILES string of the molecule is Cc1cc([N+](=O)[O-])ccc1NCCC(C)(O)c1ccccc1. The number of nitro groups is 1. The Morgan fingerprint density at radius 3 is 2.50 bits per heavy atom. The van der Waals surface area contributed by atoms with Crippen LogP contribution >= 0.6 is 0 Å². The van der Waals surface area contributed by atoms with E-state index in [2.05, 4.69) is 5.32 Å². The second-order valence-electron chi connectivity index (χ2n) is 5.57. The van der Waals surface area contributed by atoms with Crippen LogP contribution in [0.2, 0.25) is 0 Å². The van der Waals surface area contributed by atoms with Crippen LogP contribution in [0.3, 0.4) is 0 Å². The molecule has 2 N–H and O–H groups in total. The summed E-state index contributed by atoms with van der Waals surface area (Å²) in [5, 5.41) is 24.5. The first-order chi connectivity index (χ1) is 10.4. The monoisotopic (exact) mass is 300 g/mol. The zero-order valence-electron chi connectivity index (χ0n) is 12.7. The van der Waals surface area contributed by atoms with Crippen LogP contribution in [0.5, 0.6) is 0 Å². The summed E-state index contributed by atoms with van der Waals surface area (Å²) in [6.45, 7) is 4.18. The van der Waals surface area contributed by atoms with Gasteiger partial charge in [0, 0.05) is 24.4 Å². The maximum absolute atomic E-state index is 10.7. The van der Waals surface area contributed by atoms with Crippen molar-refractivity contribution in [3.05, 3.63) is 69.8 Å². The summed E-state index contributed by atoms with van der Waals surface area (Å²) in [5.41, 5.74) is 1.70. The summed E-state index contributed by atoms with van der Waals surface area (Å²) >= 11 is 0. The minimum atomic E-state index is -0.914. The second-order valence-corrected chi connectivity index (χ2v) is 5.57. The standard InChI is InChI=1S/C17H20N2O3/c1-13-12-15(19(21)22)8-9-16(13)18-11-10-17(2,20)14-6-4-3-5-7-14/h3-9,12,18,20H,10-11H2,1-2H3. The molecule has 2 aromatic rings. The number of hydrogen-bond acceptors (Lipinski definition) is 4. The van der Waals surface area contributed by atoms with Crippen LogP contribution in [-0.2, 0) is 5.60 Å². The van der Waals surface area contributed by atoms with Gasteiger partial charge in [-0.15, -0.1) is 0 Å². The Morgan fingerprint density at radius 2 is 1.91 bits per heavy atom. The smallest absolute Gasteiger partial charge is 0.269 e. The van der Waals surface area contributed by atoms with E-state index >= 15 is 0 Å². The molecule has 2 aromatic carbocycles. The molecule has 0 aromatic heterocycles. The van der Waals surface area contributed by atoms with Gasteiger partial charge >= 0.3 is 0 Å². The van der Waals surface area contributed by atoms with Gasteiger partial charge < -0.3 is 10.4 Å². The number of rotatable bonds is 6. The molecule has 0 amide bonds. The molecule has 2 rings (SSSR count). The summed E-state index contributed by atoms with van der Waals surface area (Å²) in [7, 11) is 0. The van der Waals surface area contributed by atoms with Crippen molar-refractivity contribution in [3.8, 4) is 0 Å². The zero-order chi connectivity index (χ0) is 16.2. The Labute approximate surface area is 129 Å². The van der Waals surface area contributed by atoms with Gasteiger partial charge in [-0.3, -0.25) is 10.1 Å². The average Bonchev–Trinajstić information content (AvgIpc) is 2.49. The van der Waals surface area contributed by atoms with Crippen molar-refractivity contribution in [3.63, 3.8) is 0 Å². The summed E-state index contributed by atoms with van der Waals surface area (Å²) in [4.78, 5) is 10.3. The minimum Gasteiger partial charge on any atom is -0.385 e. The highest BCUT2D eigenvalue weighted by atomic mass is 16.6. The molecule has 0 fully saturated rings. The van der Waals surface area contributed by atoms with E-state index in [0.29, 0.717) is 13.0 Å². The molecule has 0 radical (unpaired) electrons. The molecule has 0 aliphatic heterocycles. The van der Waals surface area contributed by atoms with Crippen molar-refractivity contribution < 1.29 is 10.0 Å². The van der Waals surface area contributed by atoms with Crippen LogP contribution in [0, 0.1) is 17.0 Å². The highest BCUT2D eigenvalue weighted by molar-refractivity contribution is 5.55. The van der Waals surface area contributed by atoms with Gasteiger partial charge in [0.05, 0.1) is 10.5 Å². The summed E-state index contributed by atoms with van der Waals surface area (Å²) in [6.07, 6.45) is 0.535. The molecule has 5 heteroatoms. The number of nitrogens with one attached hydrogen (secondary N) is 1. The van der Waals surface area contributed by atoms with Crippen molar-refractivity contribution in [2.75, 3.05) is 11.9 Å². The molecule has 0 aliphatic rings. The lowest BCUT2D eigenvalue weighted by molar-refractivity contribution is -0.384. The van der Waals surface area contributed by atoms with Gasteiger partial charge in [-0.1, -0.05) is 30.3 Å². The molecular formula is C17H20N2O3. The fourth-order valence-electron chi connectivity index (χ4n) is 2.34. The van der Waals surface area contributed by atoms with E-state index in [1.165, 1.54) is 12.1 Å². The van der Waals surface area contributed by atoms with Crippen LogP contribution in [-0.4, -0.2) is 16.6 Å². The third kappa shape index (κ3) is 3.83. The predicted molar refractivity (Wildman–Crippen MR) is 87.0 cm³/mol. The first-order valence-corrected chi connectivity index (χ1v) is 7.17. The van der Waals surface area contributed by atoms with E-state index in [0.717, 1.165) is 16.8 Å². The molecule has 0 saturated heterocycles. The van der Waals surface area contributed by atoms with Gasteiger partial charge in [0.25, 0.3) is 5.69 Å². The van der Waals surface area contributed by atoms with Crippen molar-refractivity contribution in [2.24, 2.45) is 0 Å². The van der Waals surface area contributed by atoms with Gasteiger partial charge in [0.2, 0.25) is 0 Å². The number of anilines is 1. The number of hydrogen-bond donors (Lipinski definition) is 2. The maximum atomic E-state index is 10.7. The number of nitrogens with zero attached hydrogens (tertiary/aromatic N) is 1. The Balaban J connectivity index is 1.98. The minimum absolute atomic E-state index is 0.0827. The Morgan fingerprint density at radius 1 is 1.23 bits per heavy atom. The lowest BCUT2D eigenvalue weighted by atomic mass is 9.92. The average molecular weight is 300 g/mol. The fraction of sp³-hybridized carbons (Fsp3) is 0.294. The van der Waals surface area contributed by atoms with Gasteiger partial charge in [0.1, 0.15) is 0 Å². The van der Waals surface area contributed by atoms with Crippen molar-refractivity contribution in [2.45, 2.75) is 25.9 Å². The van der Waals surface area contributed by atoms with E-state index in [4.69, 9.17) is 0 Å². The third-order valence-corrected chi connectivity index (χ3v) is 3.74. The Kier molecular flexibility index (Phi) is 4.78. The van der Waals surface area contributed by atoms with Gasteiger partial charge in [-0.25, -0.2) is 0 Å². The van der Waals surface area contributed by atoms with Crippen LogP contribution in [0.25, 0.3) is 0 Å². The van der Waals surface area contributed by atoms with E-state index < -0.39 is 10.5 Å². The van der Waals surface area contributed by atoms with Crippen molar-refractivity contribution in [1.29, 1.82) is 0 Å². The predicted octanol–water partition coefficient (Wildman–Crippen LogP) is 3.61. The number of nitro benzene ring substituents is 1. The van der Waals surface area contributed by atoms with Crippen molar-refractivity contribution >= 4 is 11.4 Å². The number of non-ortho nitro benzene ring substituents is 1. The maximum Gasteiger partial charge on any atom is 0.269 e. The first kappa shape index (κ1) is 16.0. The largest absolute Gasteiger partial charge is 0.385 e. The second kappa shape index (κ2) is 6.58. The summed E-state index contributed by atoms with van der Waals surface area (Å²) in [6, 6.07) is 14.2. The first-order valence-electron chi connectivity index (χ1n) is 7.17. The molecule has 0 bridgehead atoms. The lowest BCUT2D eigenvalue weighted by Gasteiger charge is -2.24. The molecule has 5 nitrogen and oxygen atoms in total. The molecule has 22 heavy (non-hydrogen) atoms. The summed E-state index contributed by atoms with van der Waals surface area (Å²) < 4.78 is 0. The molecule has 1 unspecified atom stereocenters. The van der Waals surface area contributed by atoms with Gasteiger partial charge in [-0.05, 0) is 37.5 Å². The Bertz CT molecular complexity index is 654. The molecular weight excluding hydrogens is 280 g/mol. The highest BCUT2D eigenvalue weighted by Gasteiger charge is 2.22. The van der Waals surface area contributed by atoms with E-state index in [1.54, 1.807) is 13.0 Å². The van der Waals surface area contributed by atoms with E-state index in [-0.39, 0.29) is 5.69 Å². The van der Waals surface area contributed by atoms with Crippen LogP contribution in [0.15, 0.2) is 48.5 Å².